The van der Waals surface area contributed by atoms with E-state index < -0.39 is 0 Å². The van der Waals surface area contributed by atoms with E-state index in [0.29, 0.717) is 6.04 Å². The summed E-state index contributed by atoms with van der Waals surface area (Å²) in [7, 11) is 3.82. The molecule has 0 spiro atoms. The van der Waals surface area contributed by atoms with Gasteiger partial charge in [0.1, 0.15) is 0 Å². The topological polar surface area (TPSA) is 57.9 Å². The van der Waals surface area contributed by atoms with Gasteiger partial charge in [-0.15, -0.1) is 0 Å². The summed E-state index contributed by atoms with van der Waals surface area (Å²) >= 11 is 0. The van der Waals surface area contributed by atoms with Crippen molar-refractivity contribution in [2.45, 2.75) is 19.0 Å². The summed E-state index contributed by atoms with van der Waals surface area (Å²) in [5, 5.41) is 7.65. The molecule has 122 valence electrons. The molecule has 2 aliphatic rings. The molecule has 7 nitrogen and oxygen atoms in total. The second-order valence-electron chi connectivity index (χ2n) is 5.88. The molecular weight excluding hydrogens is 280 g/mol. The van der Waals surface area contributed by atoms with Crippen molar-refractivity contribution in [3.05, 3.63) is 18.0 Å². The van der Waals surface area contributed by atoms with Gasteiger partial charge in [-0.2, -0.15) is 5.10 Å². The summed E-state index contributed by atoms with van der Waals surface area (Å²) in [6, 6.07) is 2.65. The lowest BCUT2D eigenvalue weighted by atomic mass is 10.2. The molecule has 7 heteroatoms. The molecule has 3 rings (SSSR count). The minimum absolute atomic E-state index is 0.624. The third-order valence-corrected chi connectivity index (χ3v) is 4.59. The van der Waals surface area contributed by atoms with Crippen LogP contribution in [0, 0.1) is 0 Å². The summed E-state index contributed by atoms with van der Waals surface area (Å²) in [6.45, 7) is 6.70. The average molecular weight is 306 g/mol. The number of rotatable bonds is 3. The van der Waals surface area contributed by atoms with Crippen LogP contribution in [-0.4, -0.2) is 78.0 Å². The van der Waals surface area contributed by atoms with E-state index in [0.717, 1.165) is 57.6 Å². The Bertz CT molecular complexity index is 508. The zero-order valence-corrected chi connectivity index (χ0v) is 13.5. The van der Waals surface area contributed by atoms with Gasteiger partial charge in [-0.25, -0.2) is 0 Å². The monoisotopic (exact) mass is 306 g/mol. The Morgan fingerprint density at radius 2 is 2.23 bits per heavy atom. The number of aliphatic imine (C=N–C) groups is 1. The van der Waals surface area contributed by atoms with E-state index in [2.05, 4.69) is 25.2 Å². The van der Waals surface area contributed by atoms with Crippen LogP contribution in [0.3, 0.4) is 0 Å². The Kier molecular flexibility index (Phi) is 4.94. The van der Waals surface area contributed by atoms with E-state index in [-0.39, 0.29) is 0 Å². The van der Waals surface area contributed by atoms with Gasteiger partial charge in [-0.3, -0.25) is 14.6 Å². The molecule has 3 heterocycles. The Balaban J connectivity index is 1.52. The van der Waals surface area contributed by atoms with E-state index in [1.807, 2.05) is 31.0 Å². The van der Waals surface area contributed by atoms with Crippen molar-refractivity contribution < 1.29 is 4.74 Å². The van der Waals surface area contributed by atoms with Gasteiger partial charge in [-0.1, -0.05) is 0 Å². The Morgan fingerprint density at radius 1 is 1.41 bits per heavy atom. The van der Waals surface area contributed by atoms with Crippen molar-refractivity contribution in [1.29, 1.82) is 0 Å². The van der Waals surface area contributed by atoms with Crippen molar-refractivity contribution in [2.75, 3.05) is 46.4 Å². The van der Waals surface area contributed by atoms with Crippen molar-refractivity contribution in [1.82, 2.24) is 24.9 Å². The number of hydrogen-bond donors (Lipinski definition) is 1. The highest BCUT2D eigenvalue weighted by Gasteiger charge is 2.30. The molecule has 0 bridgehead atoms. The number of morpholine rings is 1. The van der Waals surface area contributed by atoms with Crippen LogP contribution in [-0.2, 0) is 18.3 Å². The summed E-state index contributed by atoms with van der Waals surface area (Å²) in [5.74, 6) is 0.983. The van der Waals surface area contributed by atoms with Crippen LogP contribution < -0.4 is 5.32 Å². The predicted octanol–water partition coefficient (Wildman–Crippen LogP) is -0.0980. The molecule has 1 aromatic heterocycles. The molecule has 0 saturated carbocycles. The summed E-state index contributed by atoms with van der Waals surface area (Å²) in [4.78, 5) is 9.35. The first-order chi connectivity index (χ1) is 10.8. The van der Waals surface area contributed by atoms with Crippen LogP contribution in [0.15, 0.2) is 17.3 Å². The van der Waals surface area contributed by atoms with Crippen molar-refractivity contribution in [3.63, 3.8) is 0 Å². The number of aromatic nitrogens is 2. The third-order valence-electron chi connectivity index (χ3n) is 4.59. The van der Waals surface area contributed by atoms with Gasteiger partial charge in [0, 0.05) is 52.5 Å². The fraction of sp³-hybridized carbons (Fsp3) is 0.733. The molecular formula is C15H26N6O. The molecule has 1 atom stereocenters. The maximum Gasteiger partial charge on any atom is 0.194 e. The standard InChI is InChI=1S/C15H26N6O/c1-16-15(17-11-13-3-5-18-19(13)2)21-6-4-14(12-21)20-7-9-22-10-8-20/h3,5,14H,4,6-12H2,1-2H3,(H,16,17). The van der Waals surface area contributed by atoms with Crippen LogP contribution in [0.2, 0.25) is 0 Å². The molecule has 22 heavy (non-hydrogen) atoms. The molecule has 0 radical (unpaired) electrons. The summed E-state index contributed by atoms with van der Waals surface area (Å²) in [6.07, 6.45) is 3.02. The zero-order chi connectivity index (χ0) is 15.4. The number of nitrogens with zero attached hydrogens (tertiary/aromatic N) is 5. The molecule has 1 aromatic rings. The van der Waals surface area contributed by atoms with Crippen molar-refractivity contribution in [3.8, 4) is 0 Å². The van der Waals surface area contributed by atoms with Gasteiger partial charge >= 0.3 is 0 Å². The fourth-order valence-electron chi connectivity index (χ4n) is 3.25. The SMILES string of the molecule is CN=C(NCc1ccnn1C)N1CCC(N2CCOCC2)C1. The van der Waals surface area contributed by atoms with Gasteiger partial charge in [-0.05, 0) is 12.5 Å². The van der Waals surface area contributed by atoms with Crippen LogP contribution in [0.5, 0.6) is 0 Å². The lowest BCUT2D eigenvalue weighted by molar-refractivity contribution is 0.0195. The summed E-state index contributed by atoms with van der Waals surface area (Å²) < 4.78 is 7.34. The van der Waals surface area contributed by atoms with Crippen molar-refractivity contribution >= 4 is 5.96 Å². The number of ether oxygens (including phenoxy) is 1. The second kappa shape index (κ2) is 7.11. The van der Waals surface area contributed by atoms with Crippen LogP contribution in [0.1, 0.15) is 12.1 Å². The molecule has 1 N–H and O–H groups in total. The predicted molar refractivity (Wildman–Crippen MR) is 85.8 cm³/mol. The lowest BCUT2D eigenvalue weighted by Gasteiger charge is -2.32. The maximum atomic E-state index is 5.45. The molecule has 1 unspecified atom stereocenters. The number of likely N-dealkylation sites (tertiary alicyclic amines) is 1. The van der Waals surface area contributed by atoms with Crippen LogP contribution >= 0.6 is 0 Å². The number of guanidine groups is 1. The number of hydrogen-bond acceptors (Lipinski definition) is 4. The first-order valence-corrected chi connectivity index (χ1v) is 8.02. The van der Waals surface area contributed by atoms with Crippen LogP contribution in [0.25, 0.3) is 0 Å². The number of nitrogens with one attached hydrogen (secondary N) is 1. The maximum absolute atomic E-state index is 5.45. The second-order valence-corrected chi connectivity index (χ2v) is 5.88. The van der Waals surface area contributed by atoms with Gasteiger partial charge in [0.15, 0.2) is 5.96 Å². The van der Waals surface area contributed by atoms with E-state index in [9.17, 15) is 0 Å². The normalized spacial score (nSPS) is 24.0. The molecule has 0 aromatic carbocycles. The summed E-state index contributed by atoms with van der Waals surface area (Å²) in [5.41, 5.74) is 1.16. The molecule has 2 aliphatic heterocycles. The Hall–Kier alpha value is -1.60. The first kappa shape index (κ1) is 15.3. The minimum Gasteiger partial charge on any atom is -0.379 e. The number of aryl methyl sites for hydroxylation is 1. The molecule has 0 amide bonds. The fourth-order valence-corrected chi connectivity index (χ4v) is 3.25. The lowest BCUT2D eigenvalue weighted by Crippen LogP contribution is -2.46. The molecule has 2 saturated heterocycles. The van der Waals surface area contributed by atoms with Crippen LogP contribution in [0.4, 0.5) is 0 Å². The van der Waals surface area contributed by atoms with E-state index in [1.54, 1.807) is 0 Å². The average Bonchev–Trinajstić information content (AvgIpc) is 3.19. The smallest absolute Gasteiger partial charge is 0.194 e. The van der Waals surface area contributed by atoms with Gasteiger partial charge < -0.3 is 15.0 Å². The van der Waals surface area contributed by atoms with Gasteiger partial charge in [0.25, 0.3) is 0 Å². The highest BCUT2D eigenvalue weighted by atomic mass is 16.5. The van der Waals surface area contributed by atoms with Gasteiger partial charge in [0.05, 0.1) is 25.5 Å². The third kappa shape index (κ3) is 3.41. The quantitative estimate of drug-likeness (QED) is 0.624. The highest BCUT2D eigenvalue weighted by molar-refractivity contribution is 5.80. The van der Waals surface area contributed by atoms with E-state index in [4.69, 9.17) is 4.74 Å². The largest absolute Gasteiger partial charge is 0.379 e. The van der Waals surface area contributed by atoms with E-state index >= 15 is 0 Å². The van der Waals surface area contributed by atoms with Crippen molar-refractivity contribution in [2.24, 2.45) is 12.0 Å². The molecule has 0 aliphatic carbocycles. The molecule has 2 fully saturated rings. The zero-order valence-electron chi connectivity index (χ0n) is 13.5. The minimum atomic E-state index is 0.624. The first-order valence-electron chi connectivity index (χ1n) is 8.02. The Labute approximate surface area is 131 Å². The highest BCUT2D eigenvalue weighted by Crippen LogP contribution is 2.17. The van der Waals surface area contributed by atoms with E-state index in [1.165, 1.54) is 6.42 Å². The Morgan fingerprint density at radius 3 is 2.91 bits per heavy atom. The van der Waals surface area contributed by atoms with Gasteiger partial charge in [0.2, 0.25) is 0 Å².